The second-order valence-corrected chi connectivity index (χ2v) is 9.72. The largest absolute Gasteiger partial charge is 0.491 e. The van der Waals surface area contributed by atoms with Crippen LogP contribution in [-0.4, -0.2) is 54.9 Å². The number of hydrogen-bond acceptors (Lipinski definition) is 5. The van der Waals surface area contributed by atoms with Crippen molar-refractivity contribution in [1.29, 1.82) is 0 Å². The van der Waals surface area contributed by atoms with Crippen LogP contribution in [0.4, 0.5) is 0 Å². The summed E-state index contributed by atoms with van der Waals surface area (Å²) in [7, 11) is 0. The highest BCUT2D eigenvalue weighted by atomic mass is 16.5. The van der Waals surface area contributed by atoms with E-state index in [0.717, 1.165) is 5.56 Å². The summed E-state index contributed by atoms with van der Waals surface area (Å²) >= 11 is 0. The highest BCUT2D eigenvalue weighted by Crippen LogP contribution is 2.19. The molecule has 0 radical (unpaired) electrons. The molecule has 0 unspecified atom stereocenters. The first-order chi connectivity index (χ1) is 17.7. The molecule has 0 fully saturated rings. The fourth-order valence-corrected chi connectivity index (χ4v) is 4.06. The molecule has 1 aliphatic rings. The highest BCUT2D eigenvalue weighted by molar-refractivity contribution is 6.01. The van der Waals surface area contributed by atoms with Crippen molar-refractivity contribution in [3.63, 3.8) is 0 Å². The Bertz CT molecular complexity index is 1090. The van der Waals surface area contributed by atoms with Gasteiger partial charge in [-0.15, -0.1) is 0 Å². The maximum absolute atomic E-state index is 13.2. The summed E-state index contributed by atoms with van der Waals surface area (Å²) < 4.78 is 5.85. The second kappa shape index (κ2) is 13.4. The van der Waals surface area contributed by atoms with Gasteiger partial charge < -0.3 is 26.0 Å². The van der Waals surface area contributed by atoms with Gasteiger partial charge in [0.1, 0.15) is 24.4 Å². The number of amides is 4. The summed E-state index contributed by atoms with van der Waals surface area (Å²) in [6, 6.07) is 14.1. The third-order valence-corrected chi connectivity index (χ3v) is 5.94. The van der Waals surface area contributed by atoms with Crippen LogP contribution in [0.1, 0.15) is 49.5 Å². The number of rotatable bonds is 6. The summed E-state index contributed by atoms with van der Waals surface area (Å²) in [4.78, 5) is 52.2. The molecule has 0 aromatic heterocycles. The van der Waals surface area contributed by atoms with Crippen molar-refractivity contribution in [1.82, 2.24) is 21.3 Å². The number of fused-ring (bicyclic) bond motifs is 1. The molecular formula is C28H36N4O5. The lowest BCUT2D eigenvalue weighted by Crippen LogP contribution is -2.54. The van der Waals surface area contributed by atoms with Gasteiger partial charge in [0.2, 0.25) is 17.7 Å². The van der Waals surface area contributed by atoms with E-state index in [2.05, 4.69) is 21.3 Å². The van der Waals surface area contributed by atoms with Gasteiger partial charge in [0.05, 0.1) is 18.0 Å². The van der Waals surface area contributed by atoms with Crippen LogP contribution in [0.2, 0.25) is 0 Å². The topological polar surface area (TPSA) is 126 Å². The summed E-state index contributed by atoms with van der Waals surface area (Å²) in [6.45, 7) is 6.17. The van der Waals surface area contributed by atoms with Crippen molar-refractivity contribution in [2.45, 2.75) is 58.2 Å². The minimum absolute atomic E-state index is 0.127. The number of carbonyl (C=O) groups is 4. The molecule has 4 N–H and O–H groups in total. The lowest BCUT2D eigenvalue weighted by molar-refractivity contribution is -0.131. The van der Waals surface area contributed by atoms with Crippen LogP contribution < -0.4 is 26.0 Å². The molecule has 3 atom stereocenters. The van der Waals surface area contributed by atoms with Gasteiger partial charge in [-0.1, -0.05) is 56.3 Å². The molecule has 3 rings (SSSR count). The summed E-state index contributed by atoms with van der Waals surface area (Å²) in [5, 5.41) is 11.1. The Hall–Kier alpha value is -3.88. The van der Waals surface area contributed by atoms with Crippen LogP contribution in [0, 0.1) is 5.92 Å². The standard InChI is InChI=1S/C28H36N4O5/c1-18(2)15-22-28(36)30-19(3)17-37-24-12-8-7-11-21(24)26(34)32-23(16-25(33)31-22)27(35)29-14-13-20-9-5-4-6-10-20/h4-12,18-19,22-23H,13-17H2,1-3H3,(H,29,35)(H,30,36)(H,31,33)(H,32,34)/t19-,22+,23+/m1/s1. The summed E-state index contributed by atoms with van der Waals surface area (Å²) in [5.41, 5.74) is 1.29. The van der Waals surface area contributed by atoms with Gasteiger partial charge in [-0.25, -0.2) is 0 Å². The van der Waals surface area contributed by atoms with Crippen LogP contribution in [0.5, 0.6) is 5.75 Å². The number of nitrogens with one attached hydrogen (secondary N) is 4. The van der Waals surface area contributed by atoms with E-state index in [4.69, 9.17) is 4.74 Å². The molecule has 9 heteroatoms. The maximum atomic E-state index is 13.2. The minimum atomic E-state index is -1.14. The lowest BCUT2D eigenvalue weighted by atomic mass is 10.0. The molecule has 1 aliphatic heterocycles. The van der Waals surface area contributed by atoms with Crippen molar-refractivity contribution >= 4 is 23.6 Å². The van der Waals surface area contributed by atoms with E-state index in [1.165, 1.54) is 0 Å². The fraction of sp³-hybridized carbons (Fsp3) is 0.429. The van der Waals surface area contributed by atoms with Gasteiger partial charge in [-0.2, -0.15) is 0 Å². The molecule has 0 saturated carbocycles. The van der Waals surface area contributed by atoms with Crippen molar-refractivity contribution in [2.75, 3.05) is 13.2 Å². The smallest absolute Gasteiger partial charge is 0.255 e. The van der Waals surface area contributed by atoms with Crippen LogP contribution in [-0.2, 0) is 20.8 Å². The average Bonchev–Trinajstić information content (AvgIpc) is 2.86. The van der Waals surface area contributed by atoms with Crippen LogP contribution in [0.15, 0.2) is 54.6 Å². The highest BCUT2D eigenvalue weighted by Gasteiger charge is 2.29. The number of carbonyl (C=O) groups excluding carboxylic acids is 4. The lowest BCUT2D eigenvalue weighted by Gasteiger charge is -2.25. The first-order valence-corrected chi connectivity index (χ1v) is 12.7. The van der Waals surface area contributed by atoms with Crippen molar-refractivity contribution in [3.05, 3.63) is 65.7 Å². The van der Waals surface area contributed by atoms with Gasteiger partial charge in [0.25, 0.3) is 5.91 Å². The Kier molecular flexibility index (Phi) is 10.1. The van der Waals surface area contributed by atoms with Crippen LogP contribution >= 0.6 is 0 Å². The van der Waals surface area contributed by atoms with Crippen molar-refractivity contribution < 1.29 is 23.9 Å². The van der Waals surface area contributed by atoms with E-state index in [9.17, 15) is 19.2 Å². The Morgan fingerprint density at radius 1 is 1.00 bits per heavy atom. The molecule has 0 bridgehead atoms. The Morgan fingerprint density at radius 2 is 1.70 bits per heavy atom. The number of benzene rings is 2. The maximum Gasteiger partial charge on any atom is 0.255 e. The number of para-hydroxylation sites is 1. The van der Waals surface area contributed by atoms with Gasteiger partial charge in [-0.05, 0) is 43.4 Å². The molecule has 4 amide bonds. The van der Waals surface area contributed by atoms with Gasteiger partial charge in [0.15, 0.2) is 0 Å². The zero-order valence-electron chi connectivity index (χ0n) is 21.6. The summed E-state index contributed by atoms with van der Waals surface area (Å²) in [6.07, 6.45) is 0.711. The van der Waals surface area contributed by atoms with Gasteiger partial charge >= 0.3 is 0 Å². The molecular weight excluding hydrogens is 472 g/mol. The first-order valence-electron chi connectivity index (χ1n) is 12.7. The number of ether oxygens (including phenoxy) is 1. The van der Waals surface area contributed by atoms with Gasteiger partial charge in [-0.3, -0.25) is 19.2 Å². The minimum Gasteiger partial charge on any atom is -0.491 e. The molecule has 0 spiro atoms. The van der Waals surface area contributed by atoms with E-state index in [-0.39, 0.29) is 36.5 Å². The average molecular weight is 509 g/mol. The normalized spacial score (nSPS) is 21.0. The molecule has 0 saturated heterocycles. The third-order valence-electron chi connectivity index (χ3n) is 5.94. The second-order valence-electron chi connectivity index (χ2n) is 9.72. The van der Waals surface area contributed by atoms with Crippen LogP contribution in [0.25, 0.3) is 0 Å². The van der Waals surface area contributed by atoms with E-state index in [1.807, 2.05) is 44.2 Å². The quantitative estimate of drug-likeness (QED) is 0.475. The SMILES string of the molecule is CC(C)C[C@@H]1NC(=O)C[C@@H](C(=O)NCCc2ccccc2)NC(=O)c2ccccc2OC[C@@H](C)NC1=O. The molecule has 37 heavy (non-hydrogen) atoms. The first kappa shape index (κ1) is 27.7. The molecule has 2 aromatic rings. The number of hydrogen-bond donors (Lipinski definition) is 4. The predicted molar refractivity (Wildman–Crippen MR) is 140 cm³/mol. The predicted octanol–water partition coefficient (Wildman–Crippen LogP) is 1.96. The monoisotopic (exact) mass is 508 g/mol. The Morgan fingerprint density at radius 3 is 2.43 bits per heavy atom. The van der Waals surface area contributed by atoms with Crippen molar-refractivity contribution in [3.8, 4) is 5.75 Å². The summed E-state index contributed by atoms with van der Waals surface area (Å²) in [5.74, 6) is -1.37. The van der Waals surface area contributed by atoms with Crippen molar-refractivity contribution in [2.24, 2.45) is 5.92 Å². The molecule has 1 heterocycles. The van der Waals surface area contributed by atoms with E-state index < -0.39 is 29.8 Å². The van der Waals surface area contributed by atoms with Gasteiger partial charge in [0, 0.05) is 6.54 Å². The van der Waals surface area contributed by atoms with E-state index >= 15 is 0 Å². The molecule has 198 valence electrons. The molecule has 9 nitrogen and oxygen atoms in total. The molecule has 2 aromatic carbocycles. The Labute approximate surface area is 217 Å². The van der Waals surface area contributed by atoms with E-state index in [1.54, 1.807) is 31.2 Å². The third kappa shape index (κ3) is 8.63. The van der Waals surface area contributed by atoms with E-state index in [0.29, 0.717) is 25.1 Å². The Balaban J connectivity index is 1.82. The zero-order valence-corrected chi connectivity index (χ0v) is 21.6. The fourth-order valence-electron chi connectivity index (χ4n) is 4.06. The zero-order chi connectivity index (χ0) is 26.8. The van der Waals surface area contributed by atoms with Crippen LogP contribution in [0.3, 0.4) is 0 Å². The molecule has 0 aliphatic carbocycles.